The molecular weight excluding hydrogens is 160 g/mol. The number of hydrogen-bond acceptors (Lipinski definition) is 1. The van der Waals surface area contributed by atoms with Gasteiger partial charge in [0.1, 0.15) is 6.61 Å². The number of rotatable bonds is 6. The van der Waals surface area contributed by atoms with Gasteiger partial charge in [0.05, 0.1) is 6.61 Å². The Morgan fingerprint density at radius 1 is 1.15 bits per heavy atom. The molecule has 74 valence electrons. The lowest BCUT2D eigenvalue weighted by Crippen LogP contribution is -1.90. The zero-order valence-electron chi connectivity index (χ0n) is 8.81. The van der Waals surface area contributed by atoms with E-state index >= 15 is 0 Å². The minimum Gasteiger partial charge on any atom is -0.365 e. The van der Waals surface area contributed by atoms with Crippen LogP contribution in [-0.2, 0) is 4.74 Å². The summed E-state index contributed by atoms with van der Waals surface area (Å²) in [4.78, 5) is 0. The molecule has 0 N–H and O–H groups in total. The first-order valence-electron chi connectivity index (χ1n) is 5.10. The van der Waals surface area contributed by atoms with E-state index in [1.807, 2.05) is 6.08 Å². The van der Waals surface area contributed by atoms with Gasteiger partial charge in [-0.1, -0.05) is 38.3 Å². The van der Waals surface area contributed by atoms with Crippen molar-refractivity contribution in [2.75, 3.05) is 13.2 Å². The van der Waals surface area contributed by atoms with Crippen LogP contribution in [0.5, 0.6) is 0 Å². The molecule has 0 saturated carbocycles. The van der Waals surface area contributed by atoms with Crippen molar-refractivity contribution in [1.29, 1.82) is 0 Å². The van der Waals surface area contributed by atoms with Crippen molar-refractivity contribution in [3.8, 4) is 11.8 Å². The fraction of sp³-hybridized carbons (Fsp3) is 0.667. The van der Waals surface area contributed by atoms with Gasteiger partial charge in [0.2, 0.25) is 0 Å². The molecule has 0 amide bonds. The SMILES string of the molecule is CC/C=C\COCC#CCCCC. The van der Waals surface area contributed by atoms with E-state index in [0.29, 0.717) is 13.2 Å². The molecule has 0 radical (unpaired) electrons. The summed E-state index contributed by atoms with van der Waals surface area (Å²) in [6.07, 6.45) is 8.63. The maximum atomic E-state index is 5.26. The molecule has 0 rings (SSSR count). The molecule has 13 heavy (non-hydrogen) atoms. The van der Waals surface area contributed by atoms with Crippen LogP contribution in [0.4, 0.5) is 0 Å². The van der Waals surface area contributed by atoms with Crippen LogP contribution in [0.1, 0.15) is 39.5 Å². The number of unbranched alkanes of at least 4 members (excludes halogenated alkanes) is 2. The van der Waals surface area contributed by atoms with E-state index in [0.717, 1.165) is 12.8 Å². The summed E-state index contributed by atoms with van der Waals surface area (Å²) in [5.41, 5.74) is 0. The fourth-order valence-corrected chi connectivity index (χ4v) is 0.817. The highest BCUT2D eigenvalue weighted by Gasteiger charge is 1.78. The molecular formula is C12H20O. The van der Waals surface area contributed by atoms with Gasteiger partial charge in [-0.05, 0) is 12.8 Å². The van der Waals surface area contributed by atoms with Crippen molar-refractivity contribution in [2.45, 2.75) is 39.5 Å². The lowest BCUT2D eigenvalue weighted by molar-refractivity contribution is 0.199. The van der Waals surface area contributed by atoms with Crippen LogP contribution < -0.4 is 0 Å². The van der Waals surface area contributed by atoms with Crippen molar-refractivity contribution >= 4 is 0 Å². The van der Waals surface area contributed by atoms with Crippen molar-refractivity contribution in [3.05, 3.63) is 12.2 Å². The molecule has 1 nitrogen and oxygen atoms in total. The first-order valence-corrected chi connectivity index (χ1v) is 5.10. The van der Waals surface area contributed by atoms with E-state index in [1.54, 1.807) is 0 Å². The van der Waals surface area contributed by atoms with E-state index in [9.17, 15) is 0 Å². The summed E-state index contributed by atoms with van der Waals surface area (Å²) >= 11 is 0. The number of hydrogen-bond donors (Lipinski definition) is 0. The lowest BCUT2D eigenvalue weighted by atomic mass is 10.2. The summed E-state index contributed by atoms with van der Waals surface area (Å²) in [6, 6.07) is 0. The first-order chi connectivity index (χ1) is 6.41. The molecule has 0 aliphatic heterocycles. The highest BCUT2D eigenvalue weighted by molar-refractivity contribution is 4.98. The van der Waals surface area contributed by atoms with Crippen LogP contribution in [0, 0.1) is 11.8 Å². The zero-order chi connectivity index (χ0) is 9.78. The molecule has 0 unspecified atom stereocenters. The smallest absolute Gasteiger partial charge is 0.108 e. The summed E-state index contributed by atoms with van der Waals surface area (Å²) < 4.78 is 5.26. The van der Waals surface area contributed by atoms with Gasteiger partial charge >= 0.3 is 0 Å². The molecule has 0 heterocycles. The molecule has 0 aliphatic carbocycles. The summed E-state index contributed by atoms with van der Waals surface area (Å²) in [5.74, 6) is 6.07. The van der Waals surface area contributed by atoms with Crippen LogP contribution in [-0.4, -0.2) is 13.2 Å². The van der Waals surface area contributed by atoms with Gasteiger partial charge in [-0.3, -0.25) is 0 Å². The van der Waals surface area contributed by atoms with Crippen LogP contribution in [0.2, 0.25) is 0 Å². The molecule has 0 aromatic heterocycles. The second-order valence-corrected chi connectivity index (χ2v) is 2.85. The Balaban J connectivity index is 3.13. The summed E-state index contributed by atoms with van der Waals surface area (Å²) in [5, 5.41) is 0. The fourth-order valence-electron chi connectivity index (χ4n) is 0.817. The second-order valence-electron chi connectivity index (χ2n) is 2.85. The number of ether oxygens (including phenoxy) is 1. The zero-order valence-corrected chi connectivity index (χ0v) is 8.81. The summed E-state index contributed by atoms with van der Waals surface area (Å²) in [6.45, 7) is 5.54. The van der Waals surface area contributed by atoms with Gasteiger partial charge in [-0.25, -0.2) is 0 Å². The third kappa shape index (κ3) is 11.3. The third-order valence-corrected chi connectivity index (χ3v) is 1.57. The normalized spacial score (nSPS) is 10.0. The average Bonchev–Trinajstić information content (AvgIpc) is 2.16. The van der Waals surface area contributed by atoms with Crippen molar-refractivity contribution in [1.82, 2.24) is 0 Å². The molecule has 0 atom stereocenters. The molecule has 0 aromatic rings. The lowest BCUT2D eigenvalue weighted by Gasteiger charge is -1.91. The first kappa shape index (κ1) is 12.3. The maximum Gasteiger partial charge on any atom is 0.108 e. The van der Waals surface area contributed by atoms with Gasteiger partial charge < -0.3 is 4.74 Å². The largest absolute Gasteiger partial charge is 0.365 e. The highest BCUT2D eigenvalue weighted by atomic mass is 16.5. The predicted molar refractivity (Wildman–Crippen MR) is 57.6 cm³/mol. The van der Waals surface area contributed by atoms with Gasteiger partial charge in [-0.2, -0.15) is 0 Å². The molecule has 1 heteroatoms. The maximum absolute atomic E-state index is 5.26. The molecule has 0 aliphatic rings. The van der Waals surface area contributed by atoms with Crippen LogP contribution in [0.15, 0.2) is 12.2 Å². The quantitative estimate of drug-likeness (QED) is 0.346. The molecule has 0 aromatic carbocycles. The monoisotopic (exact) mass is 180 g/mol. The van der Waals surface area contributed by atoms with Crippen molar-refractivity contribution in [3.63, 3.8) is 0 Å². The van der Waals surface area contributed by atoms with Crippen LogP contribution >= 0.6 is 0 Å². The van der Waals surface area contributed by atoms with Crippen molar-refractivity contribution in [2.24, 2.45) is 0 Å². The Labute approximate surface area is 82.2 Å². The molecule has 0 saturated heterocycles. The van der Waals surface area contributed by atoms with Gasteiger partial charge in [0.25, 0.3) is 0 Å². The van der Waals surface area contributed by atoms with Gasteiger partial charge in [0.15, 0.2) is 0 Å². The van der Waals surface area contributed by atoms with E-state index < -0.39 is 0 Å². The Kier molecular flexibility index (Phi) is 10.6. The van der Waals surface area contributed by atoms with Crippen LogP contribution in [0.3, 0.4) is 0 Å². The molecule has 0 bridgehead atoms. The predicted octanol–water partition coefficient (Wildman–Crippen LogP) is 3.16. The number of allylic oxidation sites excluding steroid dienone is 1. The molecule has 0 spiro atoms. The van der Waals surface area contributed by atoms with Crippen LogP contribution in [0.25, 0.3) is 0 Å². The minimum atomic E-state index is 0.567. The Bertz CT molecular complexity index is 171. The van der Waals surface area contributed by atoms with E-state index in [2.05, 4.69) is 31.8 Å². The second kappa shape index (κ2) is 11.3. The van der Waals surface area contributed by atoms with E-state index in [-0.39, 0.29) is 0 Å². The Morgan fingerprint density at radius 3 is 2.69 bits per heavy atom. The molecule has 0 fully saturated rings. The van der Waals surface area contributed by atoms with Gasteiger partial charge in [-0.15, -0.1) is 5.92 Å². The van der Waals surface area contributed by atoms with E-state index in [4.69, 9.17) is 4.74 Å². The Morgan fingerprint density at radius 2 is 2.00 bits per heavy atom. The topological polar surface area (TPSA) is 9.23 Å². The van der Waals surface area contributed by atoms with E-state index in [1.165, 1.54) is 12.8 Å². The van der Waals surface area contributed by atoms with Gasteiger partial charge in [0, 0.05) is 6.42 Å². The summed E-state index contributed by atoms with van der Waals surface area (Å²) in [7, 11) is 0. The minimum absolute atomic E-state index is 0.567. The standard InChI is InChI=1S/C12H20O/c1-3-5-7-8-10-12-13-11-9-6-4-2/h6,9H,3-5,7,11-12H2,1-2H3/b9-6-. The highest BCUT2D eigenvalue weighted by Crippen LogP contribution is 1.90. The average molecular weight is 180 g/mol. The third-order valence-electron chi connectivity index (χ3n) is 1.57. The Hall–Kier alpha value is -0.740. The van der Waals surface area contributed by atoms with Crippen molar-refractivity contribution < 1.29 is 4.74 Å².